The zero-order valence-corrected chi connectivity index (χ0v) is 11.2. The number of benzene rings is 1. The molecule has 0 fully saturated rings. The molecule has 2 N–H and O–H groups in total. The van der Waals surface area contributed by atoms with E-state index in [9.17, 15) is 9.90 Å². The summed E-state index contributed by atoms with van der Waals surface area (Å²) in [6, 6.07) is 10.4. The van der Waals surface area contributed by atoms with E-state index in [0.29, 0.717) is 18.0 Å². The third kappa shape index (κ3) is 3.71. The number of aromatic hydroxyl groups is 1. The van der Waals surface area contributed by atoms with E-state index in [1.165, 1.54) is 0 Å². The minimum atomic E-state index is -0.151. The maximum Gasteiger partial charge on any atom is 0.224 e. The molecule has 1 amide bonds. The summed E-state index contributed by atoms with van der Waals surface area (Å²) in [7, 11) is 1.55. The van der Waals surface area contributed by atoms with Gasteiger partial charge in [0.05, 0.1) is 13.5 Å². The minimum absolute atomic E-state index is 0.133. The van der Waals surface area contributed by atoms with E-state index in [0.717, 1.165) is 5.56 Å². The fourth-order valence-electron chi connectivity index (χ4n) is 1.73. The van der Waals surface area contributed by atoms with Gasteiger partial charge in [0.15, 0.2) is 0 Å². The van der Waals surface area contributed by atoms with Gasteiger partial charge in [0.25, 0.3) is 0 Å². The summed E-state index contributed by atoms with van der Waals surface area (Å²) in [6.07, 6.45) is 1.80. The summed E-state index contributed by atoms with van der Waals surface area (Å²) in [5.41, 5.74) is 1.49. The molecule has 0 saturated heterocycles. The molecule has 1 heterocycles. The topological polar surface area (TPSA) is 71.5 Å². The highest BCUT2D eigenvalue weighted by Crippen LogP contribution is 2.15. The van der Waals surface area contributed by atoms with Crippen LogP contribution in [-0.2, 0) is 17.8 Å². The van der Waals surface area contributed by atoms with E-state index in [1.54, 1.807) is 43.6 Å². The zero-order chi connectivity index (χ0) is 14.4. The number of phenolic OH excluding ortho intramolecular Hbond substituents is 1. The lowest BCUT2D eigenvalue weighted by Gasteiger charge is -2.07. The molecule has 0 saturated carbocycles. The first-order chi connectivity index (χ1) is 9.69. The Morgan fingerprint density at radius 3 is 2.75 bits per heavy atom. The molecule has 2 rings (SSSR count). The molecule has 0 unspecified atom stereocenters. The minimum Gasteiger partial charge on any atom is -0.508 e. The van der Waals surface area contributed by atoms with Crippen molar-refractivity contribution in [3.8, 4) is 11.6 Å². The standard InChI is InChI=1S/C15H16N2O3/c1-20-15-7-6-11(10-17-15)9-16-14(19)8-12-4-2-3-5-13(12)18/h2-7,10,18H,8-9H2,1H3,(H,16,19). The molecule has 0 aliphatic rings. The molecule has 5 nitrogen and oxygen atoms in total. The lowest BCUT2D eigenvalue weighted by atomic mass is 10.1. The summed E-state index contributed by atoms with van der Waals surface area (Å²) < 4.78 is 4.96. The summed E-state index contributed by atoms with van der Waals surface area (Å²) in [5.74, 6) is 0.519. The van der Waals surface area contributed by atoms with Crippen molar-refractivity contribution in [3.05, 3.63) is 53.7 Å². The largest absolute Gasteiger partial charge is 0.508 e. The molecule has 1 aromatic carbocycles. The monoisotopic (exact) mass is 272 g/mol. The summed E-state index contributed by atoms with van der Waals surface area (Å²) >= 11 is 0. The fourth-order valence-corrected chi connectivity index (χ4v) is 1.73. The third-order valence-electron chi connectivity index (χ3n) is 2.84. The van der Waals surface area contributed by atoms with Gasteiger partial charge in [-0.3, -0.25) is 4.79 Å². The van der Waals surface area contributed by atoms with Gasteiger partial charge in [-0.1, -0.05) is 24.3 Å². The fraction of sp³-hybridized carbons (Fsp3) is 0.200. The van der Waals surface area contributed by atoms with Crippen molar-refractivity contribution in [1.29, 1.82) is 0 Å². The Kier molecular flexibility index (Phi) is 4.55. The van der Waals surface area contributed by atoms with Crippen LogP contribution in [0.1, 0.15) is 11.1 Å². The van der Waals surface area contributed by atoms with Crippen LogP contribution >= 0.6 is 0 Å². The van der Waals surface area contributed by atoms with Crippen LogP contribution in [0.3, 0.4) is 0 Å². The number of amides is 1. The van der Waals surface area contributed by atoms with Gasteiger partial charge in [0.2, 0.25) is 11.8 Å². The summed E-state index contributed by atoms with van der Waals surface area (Å²) in [6.45, 7) is 0.392. The number of ether oxygens (including phenoxy) is 1. The number of rotatable bonds is 5. The molecule has 5 heteroatoms. The molecule has 0 radical (unpaired) electrons. The number of nitrogens with zero attached hydrogens (tertiary/aromatic N) is 1. The van der Waals surface area contributed by atoms with Gasteiger partial charge in [-0.15, -0.1) is 0 Å². The summed E-state index contributed by atoms with van der Waals surface area (Å²) in [4.78, 5) is 15.9. The second-order valence-electron chi connectivity index (χ2n) is 4.29. The van der Waals surface area contributed by atoms with Crippen LogP contribution in [0, 0.1) is 0 Å². The van der Waals surface area contributed by atoms with Crippen LogP contribution in [0.4, 0.5) is 0 Å². The first kappa shape index (κ1) is 13.9. The smallest absolute Gasteiger partial charge is 0.224 e. The first-order valence-electron chi connectivity index (χ1n) is 6.21. The molecule has 20 heavy (non-hydrogen) atoms. The van der Waals surface area contributed by atoms with Gasteiger partial charge < -0.3 is 15.2 Å². The van der Waals surface area contributed by atoms with E-state index in [-0.39, 0.29) is 18.1 Å². The van der Waals surface area contributed by atoms with Crippen molar-refractivity contribution in [3.63, 3.8) is 0 Å². The van der Waals surface area contributed by atoms with Gasteiger partial charge in [-0.2, -0.15) is 0 Å². The molecule has 1 aromatic heterocycles. The van der Waals surface area contributed by atoms with Crippen LogP contribution < -0.4 is 10.1 Å². The van der Waals surface area contributed by atoms with Gasteiger partial charge in [-0.25, -0.2) is 4.98 Å². The Morgan fingerprint density at radius 1 is 1.30 bits per heavy atom. The van der Waals surface area contributed by atoms with E-state index in [4.69, 9.17) is 4.74 Å². The van der Waals surface area contributed by atoms with Crippen LogP contribution in [0.25, 0.3) is 0 Å². The molecular formula is C15H16N2O3. The molecule has 0 aliphatic heterocycles. The lowest BCUT2D eigenvalue weighted by molar-refractivity contribution is -0.120. The van der Waals surface area contributed by atoms with Crippen LogP contribution in [0.2, 0.25) is 0 Å². The Labute approximate surface area is 117 Å². The molecule has 104 valence electrons. The number of para-hydroxylation sites is 1. The van der Waals surface area contributed by atoms with Crippen molar-refractivity contribution >= 4 is 5.91 Å². The Bertz CT molecular complexity index is 582. The van der Waals surface area contributed by atoms with Crippen LogP contribution in [-0.4, -0.2) is 23.1 Å². The van der Waals surface area contributed by atoms with Gasteiger partial charge >= 0.3 is 0 Å². The third-order valence-corrected chi connectivity index (χ3v) is 2.84. The van der Waals surface area contributed by atoms with Crippen LogP contribution in [0.15, 0.2) is 42.6 Å². The van der Waals surface area contributed by atoms with E-state index >= 15 is 0 Å². The molecule has 0 bridgehead atoms. The molecule has 2 aromatic rings. The lowest BCUT2D eigenvalue weighted by Crippen LogP contribution is -2.24. The second kappa shape index (κ2) is 6.56. The molecule has 0 spiro atoms. The Balaban J connectivity index is 1.87. The second-order valence-corrected chi connectivity index (χ2v) is 4.29. The highest BCUT2D eigenvalue weighted by atomic mass is 16.5. The number of aromatic nitrogens is 1. The zero-order valence-electron chi connectivity index (χ0n) is 11.2. The number of carbonyl (C=O) groups excluding carboxylic acids is 1. The van der Waals surface area contributed by atoms with Crippen molar-refractivity contribution < 1.29 is 14.6 Å². The maximum absolute atomic E-state index is 11.8. The molecule has 0 aliphatic carbocycles. The highest BCUT2D eigenvalue weighted by Gasteiger charge is 2.06. The maximum atomic E-state index is 11.8. The van der Waals surface area contributed by atoms with Crippen molar-refractivity contribution in [1.82, 2.24) is 10.3 Å². The number of nitrogens with one attached hydrogen (secondary N) is 1. The quantitative estimate of drug-likeness (QED) is 0.868. The number of pyridine rings is 1. The van der Waals surface area contributed by atoms with Gasteiger partial charge in [0.1, 0.15) is 5.75 Å². The number of hydrogen-bond acceptors (Lipinski definition) is 4. The first-order valence-corrected chi connectivity index (χ1v) is 6.21. The van der Waals surface area contributed by atoms with E-state index < -0.39 is 0 Å². The number of phenols is 1. The van der Waals surface area contributed by atoms with Crippen LogP contribution in [0.5, 0.6) is 11.6 Å². The highest BCUT2D eigenvalue weighted by molar-refractivity contribution is 5.79. The van der Waals surface area contributed by atoms with E-state index in [2.05, 4.69) is 10.3 Å². The SMILES string of the molecule is COc1ccc(CNC(=O)Cc2ccccc2O)cn1. The van der Waals surface area contributed by atoms with E-state index in [1.807, 2.05) is 6.07 Å². The number of methoxy groups -OCH3 is 1. The van der Waals surface area contributed by atoms with Gasteiger partial charge in [-0.05, 0) is 11.6 Å². The predicted octanol–water partition coefficient (Wildman–Crippen LogP) is 1.65. The Morgan fingerprint density at radius 2 is 2.10 bits per heavy atom. The predicted molar refractivity (Wildman–Crippen MR) is 74.4 cm³/mol. The van der Waals surface area contributed by atoms with Crippen molar-refractivity contribution in [2.24, 2.45) is 0 Å². The average molecular weight is 272 g/mol. The average Bonchev–Trinajstić information content (AvgIpc) is 2.48. The summed E-state index contributed by atoms with van der Waals surface area (Å²) in [5, 5.41) is 12.4. The van der Waals surface area contributed by atoms with Crippen molar-refractivity contribution in [2.75, 3.05) is 7.11 Å². The van der Waals surface area contributed by atoms with Crippen molar-refractivity contribution in [2.45, 2.75) is 13.0 Å². The van der Waals surface area contributed by atoms with Gasteiger partial charge in [0, 0.05) is 24.4 Å². The Hall–Kier alpha value is -2.56. The number of hydrogen-bond donors (Lipinski definition) is 2. The molecular weight excluding hydrogens is 256 g/mol. The molecule has 0 atom stereocenters. The number of carbonyl (C=O) groups is 1. The normalized spacial score (nSPS) is 10.1.